The van der Waals surface area contributed by atoms with Gasteiger partial charge in [0.15, 0.2) is 0 Å². The Bertz CT molecular complexity index is 150. The molecule has 1 spiro atoms. The Balaban J connectivity index is 2.05. The number of likely N-dealkylation sites (tertiary alicyclic amines) is 1. The zero-order chi connectivity index (χ0) is 8.44. The van der Waals surface area contributed by atoms with E-state index in [0.29, 0.717) is 5.54 Å². The molecule has 2 aliphatic rings. The fourth-order valence-electron chi connectivity index (χ4n) is 2.95. The molecule has 2 heteroatoms. The van der Waals surface area contributed by atoms with Gasteiger partial charge in [-0.3, -0.25) is 4.90 Å². The smallest absolute Gasteiger partial charge is 0.0234 e. The molecular weight excluding hydrogens is 148 g/mol. The van der Waals surface area contributed by atoms with Crippen molar-refractivity contribution >= 4 is 0 Å². The second kappa shape index (κ2) is 3.35. The summed E-state index contributed by atoms with van der Waals surface area (Å²) in [4.78, 5) is 2.70. The van der Waals surface area contributed by atoms with Crippen LogP contribution in [-0.2, 0) is 0 Å². The van der Waals surface area contributed by atoms with Crippen LogP contribution in [0.15, 0.2) is 0 Å². The van der Waals surface area contributed by atoms with E-state index in [1.807, 2.05) is 0 Å². The molecule has 0 amide bonds. The molecule has 2 aliphatic heterocycles. The van der Waals surface area contributed by atoms with Crippen LogP contribution in [0.25, 0.3) is 0 Å². The minimum atomic E-state index is 0.611. The van der Waals surface area contributed by atoms with Crippen LogP contribution in [0.1, 0.15) is 32.6 Å². The highest BCUT2D eigenvalue weighted by atomic mass is 15.2. The number of hydrogen-bond acceptors (Lipinski definition) is 2. The molecular formula is C10H20N2. The second-order valence-electron chi connectivity index (χ2n) is 4.16. The molecule has 70 valence electrons. The Morgan fingerprint density at radius 3 is 2.67 bits per heavy atom. The minimum Gasteiger partial charge on any atom is -0.317 e. The summed E-state index contributed by atoms with van der Waals surface area (Å²) in [5, 5.41) is 3.45. The van der Waals surface area contributed by atoms with E-state index in [1.165, 1.54) is 51.9 Å². The van der Waals surface area contributed by atoms with E-state index < -0.39 is 0 Å². The van der Waals surface area contributed by atoms with Crippen LogP contribution < -0.4 is 5.32 Å². The molecule has 0 aromatic carbocycles. The number of piperidine rings is 1. The number of hydrogen-bond donors (Lipinski definition) is 1. The summed E-state index contributed by atoms with van der Waals surface area (Å²) >= 11 is 0. The van der Waals surface area contributed by atoms with Crippen LogP contribution in [0.4, 0.5) is 0 Å². The van der Waals surface area contributed by atoms with E-state index in [1.54, 1.807) is 0 Å². The largest absolute Gasteiger partial charge is 0.317 e. The Morgan fingerprint density at radius 2 is 2.00 bits per heavy atom. The molecule has 0 atom stereocenters. The Morgan fingerprint density at radius 1 is 1.25 bits per heavy atom. The Labute approximate surface area is 75.3 Å². The average Bonchev–Trinajstić information content (AvgIpc) is 2.49. The van der Waals surface area contributed by atoms with E-state index in [-0.39, 0.29) is 0 Å². The van der Waals surface area contributed by atoms with Crippen LogP contribution in [0.5, 0.6) is 0 Å². The third kappa shape index (κ3) is 1.27. The lowest BCUT2D eigenvalue weighted by molar-refractivity contribution is 0.106. The van der Waals surface area contributed by atoms with Crippen LogP contribution in [0.2, 0.25) is 0 Å². The highest BCUT2D eigenvalue weighted by molar-refractivity contribution is 4.98. The molecule has 2 nitrogen and oxygen atoms in total. The predicted octanol–water partition coefficient (Wildman–Crippen LogP) is 1.22. The average molecular weight is 168 g/mol. The molecule has 2 saturated heterocycles. The monoisotopic (exact) mass is 168 g/mol. The highest BCUT2D eigenvalue weighted by Gasteiger charge is 2.40. The van der Waals surface area contributed by atoms with Gasteiger partial charge in [0, 0.05) is 5.54 Å². The zero-order valence-corrected chi connectivity index (χ0v) is 8.10. The van der Waals surface area contributed by atoms with Crippen molar-refractivity contribution in [3.8, 4) is 0 Å². The first-order valence-electron chi connectivity index (χ1n) is 5.33. The van der Waals surface area contributed by atoms with Gasteiger partial charge in [-0.15, -0.1) is 0 Å². The lowest BCUT2D eigenvalue weighted by Crippen LogP contribution is -2.50. The maximum absolute atomic E-state index is 3.45. The van der Waals surface area contributed by atoms with Crippen LogP contribution in [0.3, 0.4) is 0 Å². The van der Waals surface area contributed by atoms with Crippen molar-refractivity contribution in [3.63, 3.8) is 0 Å². The van der Waals surface area contributed by atoms with Crippen LogP contribution in [-0.4, -0.2) is 36.6 Å². The lowest BCUT2D eigenvalue weighted by Gasteiger charge is -2.41. The van der Waals surface area contributed by atoms with Gasteiger partial charge in [0.05, 0.1) is 0 Å². The van der Waals surface area contributed by atoms with Crippen molar-refractivity contribution in [2.75, 3.05) is 26.2 Å². The first-order valence-corrected chi connectivity index (χ1v) is 5.33. The van der Waals surface area contributed by atoms with Crippen molar-refractivity contribution in [2.45, 2.75) is 38.1 Å². The summed E-state index contributed by atoms with van der Waals surface area (Å²) in [7, 11) is 0. The van der Waals surface area contributed by atoms with Crippen molar-refractivity contribution in [3.05, 3.63) is 0 Å². The fourth-order valence-corrected chi connectivity index (χ4v) is 2.95. The maximum atomic E-state index is 3.45. The maximum Gasteiger partial charge on any atom is 0.0234 e. The van der Waals surface area contributed by atoms with E-state index in [4.69, 9.17) is 0 Å². The van der Waals surface area contributed by atoms with E-state index in [9.17, 15) is 0 Å². The third-order valence-corrected chi connectivity index (χ3v) is 3.66. The number of nitrogens with zero attached hydrogens (tertiary/aromatic N) is 1. The Hall–Kier alpha value is -0.0800. The Kier molecular flexibility index (Phi) is 2.37. The summed E-state index contributed by atoms with van der Waals surface area (Å²) in [6.07, 6.45) is 5.62. The normalized spacial score (nSPS) is 29.8. The third-order valence-electron chi connectivity index (χ3n) is 3.66. The fraction of sp³-hybridized carbons (Fsp3) is 1.00. The van der Waals surface area contributed by atoms with Gasteiger partial charge in [-0.05, 0) is 51.9 Å². The van der Waals surface area contributed by atoms with Gasteiger partial charge >= 0.3 is 0 Å². The second-order valence-corrected chi connectivity index (χ2v) is 4.16. The molecule has 0 radical (unpaired) electrons. The van der Waals surface area contributed by atoms with Gasteiger partial charge in [-0.2, -0.15) is 0 Å². The highest BCUT2D eigenvalue weighted by Crippen LogP contribution is 2.36. The minimum absolute atomic E-state index is 0.611. The lowest BCUT2D eigenvalue weighted by atomic mass is 9.86. The van der Waals surface area contributed by atoms with E-state index >= 15 is 0 Å². The van der Waals surface area contributed by atoms with Gasteiger partial charge < -0.3 is 5.32 Å². The first kappa shape index (κ1) is 8.52. The van der Waals surface area contributed by atoms with Crippen molar-refractivity contribution in [1.29, 1.82) is 0 Å². The molecule has 2 heterocycles. The topological polar surface area (TPSA) is 15.3 Å². The molecule has 12 heavy (non-hydrogen) atoms. The van der Waals surface area contributed by atoms with E-state index in [0.717, 1.165) is 0 Å². The summed E-state index contributed by atoms with van der Waals surface area (Å²) < 4.78 is 0. The van der Waals surface area contributed by atoms with Crippen molar-refractivity contribution in [2.24, 2.45) is 0 Å². The van der Waals surface area contributed by atoms with E-state index in [2.05, 4.69) is 17.1 Å². The molecule has 0 unspecified atom stereocenters. The van der Waals surface area contributed by atoms with Gasteiger partial charge in [-0.1, -0.05) is 6.92 Å². The quantitative estimate of drug-likeness (QED) is 0.633. The van der Waals surface area contributed by atoms with Gasteiger partial charge in [0.25, 0.3) is 0 Å². The summed E-state index contributed by atoms with van der Waals surface area (Å²) in [6, 6.07) is 0. The summed E-state index contributed by atoms with van der Waals surface area (Å²) in [5.41, 5.74) is 0.611. The molecule has 2 fully saturated rings. The molecule has 0 bridgehead atoms. The van der Waals surface area contributed by atoms with Crippen LogP contribution >= 0.6 is 0 Å². The number of rotatable bonds is 1. The molecule has 0 saturated carbocycles. The number of nitrogens with one attached hydrogen (secondary N) is 1. The SMILES string of the molecule is CCN1CCCC12CCNCC2. The van der Waals surface area contributed by atoms with Gasteiger partial charge in [0.2, 0.25) is 0 Å². The summed E-state index contributed by atoms with van der Waals surface area (Å²) in [5.74, 6) is 0. The molecule has 1 N–H and O–H groups in total. The zero-order valence-electron chi connectivity index (χ0n) is 8.10. The van der Waals surface area contributed by atoms with Gasteiger partial charge in [0.1, 0.15) is 0 Å². The summed E-state index contributed by atoms with van der Waals surface area (Å²) in [6.45, 7) is 7.36. The van der Waals surface area contributed by atoms with Gasteiger partial charge in [-0.25, -0.2) is 0 Å². The molecule has 2 rings (SSSR count). The molecule has 0 aromatic rings. The standard InChI is InChI=1S/C10H20N2/c1-2-12-9-3-4-10(12)5-7-11-8-6-10/h11H,2-9H2,1H3. The van der Waals surface area contributed by atoms with Crippen LogP contribution in [0, 0.1) is 0 Å². The molecule has 0 aromatic heterocycles. The van der Waals surface area contributed by atoms with Crippen molar-refractivity contribution in [1.82, 2.24) is 10.2 Å². The predicted molar refractivity (Wildman–Crippen MR) is 51.3 cm³/mol. The first-order chi connectivity index (χ1) is 5.87. The molecule has 0 aliphatic carbocycles. The van der Waals surface area contributed by atoms with Crippen molar-refractivity contribution < 1.29 is 0 Å².